The number of amides is 1. The number of nitrogens with two attached hydrogens (primary N) is 1. The van der Waals surface area contributed by atoms with Crippen molar-refractivity contribution in [2.24, 2.45) is 5.73 Å². The van der Waals surface area contributed by atoms with Gasteiger partial charge in [-0.3, -0.25) is 4.79 Å². The number of carbonyl (C=O) groups excluding carboxylic acids is 1. The number of nitrogens with one attached hydrogen (secondary N) is 1. The van der Waals surface area contributed by atoms with Crippen LogP contribution in [0.3, 0.4) is 0 Å². The minimum absolute atomic E-state index is 0.109. The number of primary amides is 1. The molecule has 0 aliphatic heterocycles. The summed E-state index contributed by atoms with van der Waals surface area (Å²) in [5.74, 6) is -0.344. The van der Waals surface area contributed by atoms with Crippen LogP contribution in [-0.2, 0) is 4.79 Å². The third kappa shape index (κ3) is 3.12. The second kappa shape index (κ2) is 5.12. The van der Waals surface area contributed by atoms with Crippen molar-refractivity contribution in [2.45, 2.75) is 13.0 Å². The van der Waals surface area contributed by atoms with Crippen LogP contribution >= 0.6 is 15.9 Å². The monoisotopic (exact) mass is 256 g/mol. The Bertz CT molecular complexity index is 328. The molecule has 3 N–H and O–H groups in total. The summed E-state index contributed by atoms with van der Waals surface area (Å²) in [7, 11) is 0. The van der Waals surface area contributed by atoms with Crippen molar-refractivity contribution in [1.29, 1.82) is 0 Å². The number of hydrogen-bond donors (Lipinski definition) is 2. The van der Waals surface area contributed by atoms with E-state index in [0.717, 1.165) is 10.0 Å². The van der Waals surface area contributed by atoms with Gasteiger partial charge in [0.15, 0.2) is 0 Å². The maximum Gasteiger partial charge on any atom is 0.231 e. The molecule has 0 aliphatic carbocycles. The Hall–Kier alpha value is -0.870. The van der Waals surface area contributed by atoms with Crippen LogP contribution < -0.4 is 11.1 Å². The molecule has 1 unspecified atom stereocenters. The van der Waals surface area contributed by atoms with Gasteiger partial charge in [0, 0.05) is 10.5 Å². The van der Waals surface area contributed by atoms with Gasteiger partial charge in [0.1, 0.15) is 0 Å². The summed E-state index contributed by atoms with van der Waals surface area (Å²) in [5.41, 5.74) is 6.16. The standard InChI is InChI=1S/C10H13BrN2O/c1-7(13-6-10(12)14)8-4-2-3-5-9(8)11/h2-5,7,13H,6H2,1H3,(H2,12,14). The molecule has 0 saturated carbocycles. The zero-order valence-corrected chi connectivity index (χ0v) is 9.54. The molecule has 1 rings (SSSR count). The van der Waals surface area contributed by atoms with Gasteiger partial charge in [-0.2, -0.15) is 0 Å². The van der Waals surface area contributed by atoms with Gasteiger partial charge in [0.2, 0.25) is 5.91 Å². The normalized spacial score (nSPS) is 12.4. The van der Waals surface area contributed by atoms with Crippen molar-refractivity contribution < 1.29 is 4.79 Å². The van der Waals surface area contributed by atoms with Crippen LogP contribution in [-0.4, -0.2) is 12.5 Å². The van der Waals surface area contributed by atoms with Crippen LogP contribution in [0.15, 0.2) is 28.7 Å². The van der Waals surface area contributed by atoms with Crippen LogP contribution in [0.25, 0.3) is 0 Å². The summed E-state index contributed by atoms with van der Waals surface area (Å²) in [5, 5.41) is 3.03. The van der Waals surface area contributed by atoms with Crippen molar-refractivity contribution in [2.75, 3.05) is 6.54 Å². The Balaban J connectivity index is 2.65. The van der Waals surface area contributed by atoms with Crippen molar-refractivity contribution in [3.63, 3.8) is 0 Å². The molecular weight excluding hydrogens is 244 g/mol. The van der Waals surface area contributed by atoms with Gasteiger partial charge in [0.25, 0.3) is 0 Å². The van der Waals surface area contributed by atoms with Crippen molar-refractivity contribution in [3.8, 4) is 0 Å². The molecule has 1 amide bonds. The Morgan fingerprint density at radius 2 is 2.21 bits per heavy atom. The van der Waals surface area contributed by atoms with Crippen LogP contribution in [0.2, 0.25) is 0 Å². The predicted octanol–water partition coefficient (Wildman–Crippen LogP) is 1.58. The first kappa shape index (κ1) is 11.2. The van der Waals surface area contributed by atoms with E-state index in [1.54, 1.807) is 0 Å². The first-order valence-corrected chi connectivity index (χ1v) is 5.16. The lowest BCUT2D eigenvalue weighted by Gasteiger charge is -2.14. The van der Waals surface area contributed by atoms with Gasteiger partial charge in [-0.05, 0) is 18.6 Å². The highest BCUT2D eigenvalue weighted by Crippen LogP contribution is 2.22. The number of rotatable bonds is 4. The highest BCUT2D eigenvalue weighted by atomic mass is 79.9. The Morgan fingerprint density at radius 1 is 1.57 bits per heavy atom. The van der Waals surface area contributed by atoms with Gasteiger partial charge < -0.3 is 11.1 Å². The van der Waals surface area contributed by atoms with E-state index in [-0.39, 0.29) is 18.5 Å². The van der Waals surface area contributed by atoms with E-state index in [9.17, 15) is 4.79 Å². The van der Waals surface area contributed by atoms with Gasteiger partial charge in [-0.25, -0.2) is 0 Å². The summed E-state index contributed by atoms with van der Waals surface area (Å²) in [6.07, 6.45) is 0. The molecule has 1 aromatic rings. The van der Waals surface area contributed by atoms with Gasteiger partial charge >= 0.3 is 0 Å². The largest absolute Gasteiger partial charge is 0.369 e. The Morgan fingerprint density at radius 3 is 2.79 bits per heavy atom. The zero-order chi connectivity index (χ0) is 10.6. The number of carbonyl (C=O) groups is 1. The van der Waals surface area contributed by atoms with E-state index in [4.69, 9.17) is 5.73 Å². The molecule has 4 heteroatoms. The Labute approximate surface area is 91.8 Å². The maximum atomic E-state index is 10.6. The van der Waals surface area contributed by atoms with E-state index in [0.29, 0.717) is 0 Å². The first-order valence-electron chi connectivity index (χ1n) is 4.37. The average molecular weight is 257 g/mol. The molecule has 0 heterocycles. The average Bonchev–Trinajstić information content (AvgIpc) is 2.15. The quantitative estimate of drug-likeness (QED) is 0.860. The van der Waals surface area contributed by atoms with Gasteiger partial charge in [-0.15, -0.1) is 0 Å². The van der Waals surface area contributed by atoms with Crippen LogP contribution in [0.1, 0.15) is 18.5 Å². The predicted molar refractivity (Wildman–Crippen MR) is 59.8 cm³/mol. The SMILES string of the molecule is CC(NCC(N)=O)c1ccccc1Br. The lowest BCUT2D eigenvalue weighted by Crippen LogP contribution is -2.30. The third-order valence-corrected chi connectivity index (χ3v) is 2.68. The molecule has 1 atom stereocenters. The van der Waals surface area contributed by atoms with Crippen molar-refractivity contribution in [3.05, 3.63) is 34.3 Å². The van der Waals surface area contributed by atoms with Crippen LogP contribution in [0.4, 0.5) is 0 Å². The summed E-state index contributed by atoms with van der Waals surface area (Å²) in [6, 6.07) is 8.00. The van der Waals surface area contributed by atoms with Gasteiger partial charge in [-0.1, -0.05) is 34.1 Å². The fourth-order valence-corrected chi connectivity index (χ4v) is 1.82. The number of halogens is 1. The molecular formula is C10H13BrN2O. The molecule has 76 valence electrons. The molecule has 14 heavy (non-hydrogen) atoms. The highest BCUT2D eigenvalue weighted by molar-refractivity contribution is 9.10. The van der Waals surface area contributed by atoms with Gasteiger partial charge in [0.05, 0.1) is 6.54 Å². The summed E-state index contributed by atoms with van der Waals surface area (Å²) in [4.78, 5) is 10.6. The summed E-state index contributed by atoms with van der Waals surface area (Å²) >= 11 is 3.45. The molecule has 0 fully saturated rings. The zero-order valence-electron chi connectivity index (χ0n) is 7.96. The fraction of sp³-hybridized carbons (Fsp3) is 0.300. The topological polar surface area (TPSA) is 55.1 Å². The number of hydrogen-bond acceptors (Lipinski definition) is 2. The van der Waals surface area contributed by atoms with Crippen molar-refractivity contribution in [1.82, 2.24) is 5.32 Å². The first-order chi connectivity index (χ1) is 6.61. The second-order valence-corrected chi connectivity index (χ2v) is 3.94. The molecule has 0 aromatic heterocycles. The lowest BCUT2D eigenvalue weighted by molar-refractivity contribution is -0.117. The molecule has 0 aliphatic rings. The summed E-state index contributed by atoms with van der Waals surface area (Å²) < 4.78 is 1.03. The smallest absolute Gasteiger partial charge is 0.231 e. The molecule has 1 aromatic carbocycles. The maximum absolute atomic E-state index is 10.6. The lowest BCUT2D eigenvalue weighted by atomic mass is 10.1. The third-order valence-electron chi connectivity index (χ3n) is 1.95. The summed E-state index contributed by atoms with van der Waals surface area (Å²) in [6.45, 7) is 2.19. The molecule has 3 nitrogen and oxygen atoms in total. The minimum Gasteiger partial charge on any atom is -0.369 e. The van der Waals surface area contributed by atoms with E-state index < -0.39 is 0 Å². The molecule has 0 bridgehead atoms. The van der Waals surface area contributed by atoms with Crippen molar-refractivity contribution >= 4 is 21.8 Å². The fourth-order valence-electron chi connectivity index (χ4n) is 1.19. The minimum atomic E-state index is -0.344. The second-order valence-electron chi connectivity index (χ2n) is 3.09. The van der Waals surface area contributed by atoms with Crippen LogP contribution in [0, 0.1) is 0 Å². The molecule has 0 saturated heterocycles. The van der Waals surface area contributed by atoms with Crippen LogP contribution in [0.5, 0.6) is 0 Å². The molecule has 0 spiro atoms. The number of benzene rings is 1. The van der Waals surface area contributed by atoms with E-state index in [1.165, 1.54) is 0 Å². The van der Waals surface area contributed by atoms with E-state index in [2.05, 4.69) is 21.2 Å². The Kier molecular flexibility index (Phi) is 4.10. The van der Waals surface area contributed by atoms with E-state index >= 15 is 0 Å². The highest BCUT2D eigenvalue weighted by Gasteiger charge is 2.08. The van der Waals surface area contributed by atoms with E-state index in [1.807, 2.05) is 31.2 Å². The molecule has 0 radical (unpaired) electrons.